The number of urea groups is 1. The highest BCUT2D eigenvalue weighted by Crippen LogP contribution is 2.26. The number of rotatable bonds is 10. The Bertz CT molecular complexity index is 735. The number of carbonyl (C=O) groups excluding carboxylic acids is 3. The minimum absolute atomic E-state index is 0.00427. The minimum atomic E-state index is -0.574. The van der Waals surface area contributed by atoms with Crippen molar-refractivity contribution in [3.8, 4) is 0 Å². The van der Waals surface area contributed by atoms with E-state index in [4.69, 9.17) is 16.3 Å². The van der Waals surface area contributed by atoms with E-state index in [1.54, 1.807) is 32.0 Å². The number of hydrogen-bond donors (Lipinski definition) is 3. The monoisotopic (exact) mass is 451 g/mol. The number of halogens is 1. The van der Waals surface area contributed by atoms with Crippen molar-refractivity contribution in [2.45, 2.75) is 83.4 Å². The Morgan fingerprint density at radius 1 is 1.13 bits per heavy atom. The van der Waals surface area contributed by atoms with Crippen LogP contribution in [-0.2, 0) is 14.3 Å². The second kappa shape index (κ2) is 13.2. The molecular weight excluding hydrogens is 418 g/mol. The van der Waals surface area contributed by atoms with Gasteiger partial charge in [0.1, 0.15) is 0 Å². The molecule has 1 aliphatic rings. The van der Waals surface area contributed by atoms with Crippen molar-refractivity contribution in [3.05, 3.63) is 34.9 Å². The van der Waals surface area contributed by atoms with Crippen LogP contribution >= 0.6 is 11.6 Å². The van der Waals surface area contributed by atoms with Gasteiger partial charge in [0.25, 0.3) is 0 Å². The van der Waals surface area contributed by atoms with Crippen LogP contribution in [-0.4, -0.2) is 36.6 Å². The van der Waals surface area contributed by atoms with Gasteiger partial charge in [-0.25, -0.2) is 4.79 Å². The molecule has 1 atom stereocenters. The topological polar surface area (TPSA) is 96.5 Å². The van der Waals surface area contributed by atoms with Crippen LogP contribution in [0.2, 0.25) is 5.02 Å². The molecule has 1 aromatic carbocycles. The summed E-state index contributed by atoms with van der Waals surface area (Å²) in [6.45, 7) is 3.95. The van der Waals surface area contributed by atoms with E-state index in [0.717, 1.165) is 25.7 Å². The molecular formula is C23H34ClN3O4. The van der Waals surface area contributed by atoms with Gasteiger partial charge in [-0.15, -0.1) is 0 Å². The zero-order chi connectivity index (χ0) is 22.6. The number of esters is 1. The summed E-state index contributed by atoms with van der Waals surface area (Å²) >= 11 is 6.28. The summed E-state index contributed by atoms with van der Waals surface area (Å²) in [7, 11) is 0. The number of amides is 3. The normalized spacial score (nSPS) is 15.2. The molecule has 0 saturated heterocycles. The molecule has 0 bridgehead atoms. The SMILES string of the molecule is CC(C)OC(=O)C[C@H](NC(=O)CCCNC(=O)NC1CCCCC1)c1ccccc1Cl. The molecule has 8 heteroatoms. The fourth-order valence-corrected chi connectivity index (χ4v) is 3.94. The summed E-state index contributed by atoms with van der Waals surface area (Å²) in [6.07, 6.45) is 6.08. The van der Waals surface area contributed by atoms with Crippen LogP contribution in [0.5, 0.6) is 0 Å². The second-order valence-electron chi connectivity index (χ2n) is 8.22. The molecule has 7 nitrogen and oxygen atoms in total. The Balaban J connectivity index is 1.79. The Labute approximate surface area is 189 Å². The van der Waals surface area contributed by atoms with Crippen LogP contribution in [0.1, 0.15) is 76.8 Å². The molecule has 1 fully saturated rings. The van der Waals surface area contributed by atoms with Gasteiger partial charge >= 0.3 is 12.0 Å². The van der Waals surface area contributed by atoms with Gasteiger partial charge in [-0.1, -0.05) is 49.1 Å². The van der Waals surface area contributed by atoms with Crippen molar-refractivity contribution in [1.29, 1.82) is 0 Å². The van der Waals surface area contributed by atoms with Gasteiger partial charge in [-0.05, 0) is 44.7 Å². The molecule has 0 spiro atoms. The van der Waals surface area contributed by atoms with Crippen molar-refractivity contribution < 1.29 is 19.1 Å². The Kier molecular flexibility index (Phi) is 10.6. The molecule has 3 N–H and O–H groups in total. The zero-order valence-electron chi connectivity index (χ0n) is 18.4. The van der Waals surface area contributed by atoms with Crippen LogP contribution in [0.3, 0.4) is 0 Å². The zero-order valence-corrected chi connectivity index (χ0v) is 19.2. The van der Waals surface area contributed by atoms with Gasteiger partial charge in [0.2, 0.25) is 5.91 Å². The molecule has 3 amide bonds. The maximum atomic E-state index is 12.5. The average Bonchev–Trinajstić information content (AvgIpc) is 2.71. The van der Waals surface area contributed by atoms with Gasteiger partial charge in [0.05, 0.1) is 18.6 Å². The molecule has 31 heavy (non-hydrogen) atoms. The van der Waals surface area contributed by atoms with E-state index in [1.807, 2.05) is 6.07 Å². The van der Waals surface area contributed by atoms with Crippen molar-refractivity contribution in [2.75, 3.05) is 6.54 Å². The molecule has 2 rings (SSSR count). The highest BCUT2D eigenvalue weighted by Gasteiger charge is 2.22. The van der Waals surface area contributed by atoms with E-state index in [2.05, 4.69) is 16.0 Å². The molecule has 0 radical (unpaired) electrons. The number of carbonyl (C=O) groups is 3. The molecule has 1 saturated carbocycles. The van der Waals surface area contributed by atoms with Gasteiger partial charge in [0, 0.05) is 24.0 Å². The van der Waals surface area contributed by atoms with Gasteiger partial charge in [-0.3, -0.25) is 9.59 Å². The Hall–Kier alpha value is -2.28. The van der Waals surface area contributed by atoms with E-state index in [-0.39, 0.29) is 36.9 Å². The fourth-order valence-electron chi connectivity index (χ4n) is 3.67. The lowest BCUT2D eigenvalue weighted by Crippen LogP contribution is -2.43. The summed E-state index contributed by atoms with van der Waals surface area (Å²) < 4.78 is 5.22. The van der Waals surface area contributed by atoms with Gasteiger partial charge < -0.3 is 20.7 Å². The van der Waals surface area contributed by atoms with Gasteiger partial charge in [-0.2, -0.15) is 0 Å². The quantitative estimate of drug-likeness (QED) is 0.366. The molecule has 0 aromatic heterocycles. The fraction of sp³-hybridized carbons (Fsp3) is 0.609. The molecule has 1 aliphatic carbocycles. The van der Waals surface area contributed by atoms with Crippen LogP contribution in [0.25, 0.3) is 0 Å². The summed E-state index contributed by atoms with van der Waals surface area (Å²) in [6, 6.07) is 6.60. The first-order chi connectivity index (χ1) is 14.8. The summed E-state index contributed by atoms with van der Waals surface area (Å²) in [5, 5.41) is 9.15. The second-order valence-corrected chi connectivity index (χ2v) is 8.63. The van der Waals surface area contributed by atoms with Crippen molar-refractivity contribution in [1.82, 2.24) is 16.0 Å². The van der Waals surface area contributed by atoms with Crippen molar-refractivity contribution in [2.24, 2.45) is 0 Å². The van der Waals surface area contributed by atoms with Gasteiger partial charge in [0.15, 0.2) is 0 Å². The third-order valence-electron chi connectivity index (χ3n) is 5.16. The Morgan fingerprint density at radius 3 is 2.52 bits per heavy atom. The number of ether oxygens (including phenoxy) is 1. The third-order valence-corrected chi connectivity index (χ3v) is 5.50. The van der Waals surface area contributed by atoms with Crippen LogP contribution in [0, 0.1) is 0 Å². The molecule has 1 aromatic rings. The van der Waals surface area contributed by atoms with Crippen LogP contribution in [0.4, 0.5) is 4.79 Å². The maximum Gasteiger partial charge on any atom is 0.315 e. The third kappa shape index (κ3) is 9.59. The summed E-state index contributed by atoms with van der Waals surface area (Å²) in [4.78, 5) is 36.6. The van der Waals surface area contributed by atoms with E-state index >= 15 is 0 Å². The van der Waals surface area contributed by atoms with E-state index in [9.17, 15) is 14.4 Å². The lowest BCUT2D eigenvalue weighted by atomic mass is 9.96. The standard InChI is InChI=1S/C23H34ClN3O4/c1-16(2)31-22(29)15-20(18-11-6-7-12-19(18)24)27-21(28)13-8-14-25-23(30)26-17-9-4-3-5-10-17/h6-7,11-12,16-17,20H,3-5,8-10,13-15H2,1-2H3,(H,27,28)(H2,25,26,30)/t20-/m0/s1. The first-order valence-electron chi connectivity index (χ1n) is 11.1. The van der Waals surface area contributed by atoms with E-state index < -0.39 is 12.0 Å². The van der Waals surface area contributed by atoms with Crippen molar-refractivity contribution in [3.63, 3.8) is 0 Å². The van der Waals surface area contributed by atoms with Crippen molar-refractivity contribution >= 4 is 29.5 Å². The number of benzene rings is 1. The summed E-state index contributed by atoms with van der Waals surface area (Å²) in [5.41, 5.74) is 0.670. The highest BCUT2D eigenvalue weighted by molar-refractivity contribution is 6.31. The molecule has 0 aliphatic heterocycles. The maximum absolute atomic E-state index is 12.5. The van der Waals surface area contributed by atoms with Crippen LogP contribution < -0.4 is 16.0 Å². The smallest absolute Gasteiger partial charge is 0.315 e. The number of hydrogen-bond acceptors (Lipinski definition) is 4. The first-order valence-corrected chi connectivity index (χ1v) is 11.5. The lowest BCUT2D eigenvalue weighted by Gasteiger charge is -2.23. The average molecular weight is 452 g/mol. The lowest BCUT2D eigenvalue weighted by molar-refractivity contribution is -0.148. The number of nitrogens with one attached hydrogen (secondary N) is 3. The molecule has 0 unspecified atom stereocenters. The molecule has 0 heterocycles. The highest BCUT2D eigenvalue weighted by atomic mass is 35.5. The van der Waals surface area contributed by atoms with E-state index in [0.29, 0.717) is 23.6 Å². The predicted octanol–water partition coefficient (Wildman–Crippen LogP) is 4.25. The largest absolute Gasteiger partial charge is 0.463 e. The van der Waals surface area contributed by atoms with Crippen LogP contribution in [0.15, 0.2) is 24.3 Å². The minimum Gasteiger partial charge on any atom is -0.463 e. The predicted molar refractivity (Wildman–Crippen MR) is 121 cm³/mol. The first kappa shape index (κ1) is 25.0. The Morgan fingerprint density at radius 2 is 1.84 bits per heavy atom. The summed E-state index contributed by atoms with van der Waals surface area (Å²) in [5.74, 6) is -0.613. The molecule has 172 valence electrons. The van der Waals surface area contributed by atoms with E-state index in [1.165, 1.54) is 6.42 Å².